The maximum Gasteiger partial charge on any atom is 0.255 e. The molecule has 0 radical (unpaired) electrons. The van der Waals surface area contributed by atoms with Crippen LogP contribution >= 0.6 is 0 Å². The number of rotatable bonds is 7. The zero-order chi connectivity index (χ0) is 36.2. The van der Waals surface area contributed by atoms with E-state index >= 15 is 4.39 Å². The average molecular weight is 712 g/mol. The molecule has 5 heterocycles. The summed E-state index contributed by atoms with van der Waals surface area (Å²) in [5.74, 6) is -0.946. The van der Waals surface area contributed by atoms with Crippen LogP contribution in [0.2, 0.25) is 0 Å². The molecule has 0 saturated carbocycles. The van der Waals surface area contributed by atoms with E-state index in [9.17, 15) is 17.6 Å². The fourth-order valence-electron chi connectivity index (χ4n) is 7.10. The van der Waals surface area contributed by atoms with Crippen LogP contribution in [0.1, 0.15) is 42.2 Å². The molecule has 1 N–H and O–H groups in total. The van der Waals surface area contributed by atoms with E-state index in [1.807, 2.05) is 38.1 Å². The van der Waals surface area contributed by atoms with E-state index in [1.54, 1.807) is 18.2 Å². The molecule has 9 nitrogen and oxygen atoms in total. The summed E-state index contributed by atoms with van der Waals surface area (Å²) in [6, 6.07) is 19.8. The molecule has 264 valence electrons. The predicted molar refractivity (Wildman–Crippen MR) is 198 cm³/mol. The number of halogens is 2. The van der Waals surface area contributed by atoms with Crippen molar-refractivity contribution < 1.29 is 26.4 Å². The number of sulfonamides is 1. The first kappa shape index (κ1) is 34.4. The molecule has 1 saturated heterocycles. The summed E-state index contributed by atoms with van der Waals surface area (Å²) >= 11 is 0. The molecule has 51 heavy (non-hydrogen) atoms. The van der Waals surface area contributed by atoms with Gasteiger partial charge in [0.1, 0.15) is 23.0 Å². The van der Waals surface area contributed by atoms with Crippen LogP contribution in [0.15, 0.2) is 77.2 Å². The number of fused-ring (bicyclic) bond motifs is 6. The number of carbonyl (C=O) groups is 1. The van der Waals surface area contributed by atoms with Crippen LogP contribution in [0.25, 0.3) is 55.8 Å². The number of anilines is 1. The average Bonchev–Trinajstić information content (AvgIpc) is 3.69. The molecule has 2 aliphatic heterocycles. The van der Waals surface area contributed by atoms with Crippen molar-refractivity contribution in [3.05, 3.63) is 95.6 Å². The maximum absolute atomic E-state index is 15.2. The van der Waals surface area contributed by atoms with Gasteiger partial charge in [-0.2, -0.15) is 0 Å². The minimum atomic E-state index is -3.75. The summed E-state index contributed by atoms with van der Waals surface area (Å²) in [7, 11) is -0.796. The molecule has 1 amide bonds. The Balaban J connectivity index is 0.00000200. The summed E-state index contributed by atoms with van der Waals surface area (Å²) in [5.41, 5.74) is 5.49. The molecule has 0 aliphatic carbocycles. The number of hydrogen-bond donors (Lipinski definition) is 1. The quantitative estimate of drug-likeness (QED) is 0.183. The SMILES string of the molecule is CC.CNC(=O)c1c(-c2ccc(F)cc2)oc2cc(N(C)S(C)(=O)=O)c(-c3ccc4c(n3)-c3cc5c(F)cccc5n3C(CN3CCC3)C4)cc12. The van der Waals surface area contributed by atoms with Gasteiger partial charge in [-0.1, -0.05) is 26.0 Å². The second-order valence-corrected chi connectivity index (χ2v) is 14.8. The first-order chi connectivity index (χ1) is 24.5. The Kier molecular flexibility index (Phi) is 8.92. The fourth-order valence-corrected chi connectivity index (χ4v) is 7.61. The smallest absolute Gasteiger partial charge is 0.255 e. The normalized spacial score (nSPS) is 15.5. The van der Waals surface area contributed by atoms with Gasteiger partial charge in [0.05, 0.1) is 46.1 Å². The number of amides is 1. The zero-order valence-corrected chi connectivity index (χ0v) is 29.9. The highest BCUT2D eigenvalue weighted by molar-refractivity contribution is 7.92. The Bertz CT molecular complexity index is 2420. The maximum atomic E-state index is 15.2. The van der Waals surface area contributed by atoms with E-state index in [0.717, 1.165) is 47.0 Å². The summed E-state index contributed by atoms with van der Waals surface area (Å²) in [5, 5.41) is 3.62. The van der Waals surface area contributed by atoms with Crippen LogP contribution in [-0.2, 0) is 16.4 Å². The number of nitrogens with zero attached hydrogens (tertiary/aromatic N) is 4. The Morgan fingerprint density at radius 3 is 2.43 bits per heavy atom. The Hall–Kier alpha value is -5.07. The molecular formula is C39H39F2N5O4S. The molecule has 1 unspecified atom stereocenters. The van der Waals surface area contributed by atoms with Gasteiger partial charge in [0.25, 0.3) is 5.91 Å². The Morgan fingerprint density at radius 1 is 1.02 bits per heavy atom. The molecule has 1 fully saturated rings. The van der Waals surface area contributed by atoms with Crippen molar-refractivity contribution in [1.29, 1.82) is 0 Å². The number of benzene rings is 3. The van der Waals surface area contributed by atoms with Crippen molar-refractivity contribution in [2.75, 3.05) is 44.3 Å². The van der Waals surface area contributed by atoms with E-state index < -0.39 is 21.7 Å². The molecule has 8 rings (SSSR count). The van der Waals surface area contributed by atoms with E-state index in [0.29, 0.717) is 45.4 Å². The number of carbonyl (C=O) groups excluding carboxylic acids is 1. The number of hydrogen-bond acceptors (Lipinski definition) is 6. The third-order valence-corrected chi connectivity index (χ3v) is 11.0. The number of pyridine rings is 1. The largest absolute Gasteiger partial charge is 0.455 e. The summed E-state index contributed by atoms with van der Waals surface area (Å²) < 4.78 is 64.4. The van der Waals surface area contributed by atoms with Crippen LogP contribution in [0, 0.1) is 11.6 Å². The third kappa shape index (κ3) is 5.95. The molecule has 6 aromatic rings. The van der Waals surface area contributed by atoms with Gasteiger partial charge in [0, 0.05) is 48.6 Å². The van der Waals surface area contributed by atoms with Gasteiger partial charge in [-0.25, -0.2) is 22.2 Å². The summed E-state index contributed by atoms with van der Waals surface area (Å²) in [6.45, 7) is 6.92. The number of likely N-dealkylation sites (tertiary alicyclic amines) is 1. The lowest BCUT2D eigenvalue weighted by Gasteiger charge is -2.37. The van der Waals surface area contributed by atoms with Crippen molar-refractivity contribution in [3.63, 3.8) is 0 Å². The Labute approximate surface area is 295 Å². The topological polar surface area (TPSA) is 101 Å². The first-order valence-corrected chi connectivity index (χ1v) is 18.9. The second-order valence-electron chi connectivity index (χ2n) is 12.8. The molecule has 12 heteroatoms. The molecule has 0 bridgehead atoms. The number of aromatic nitrogens is 2. The highest BCUT2D eigenvalue weighted by Crippen LogP contribution is 2.44. The Morgan fingerprint density at radius 2 is 1.76 bits per heavy atom. The molecule has 3 aromatic heterocycles. The van der Waals surface area contributed by atoms with Crippen molar-refractivity contribution in [2.24, 2.45) is 0 Å². The van der Waals surface area contributed by atoms with Crippen molar-refractivity contribution in [1.82, 2.24) is 19.8 Å². The van der Waals surface area contributed by atoms with Crippen molar-refractivity contribution >= 4 is 43.5 Å². The molecule has 0 spiro atoms. The van der Waals surface area contributed by atoms with E-state index in [4.69, 9.17) is 9.40 Å². The molecule has 1 atom stereocenters. The molecule has 2 aliphatic rings. The summed E-state index contributed by atoms with van der Waals surface area (Å²) in [6.07, 6.45) is 2.97. The van der Waals surface area contributed by atoms with Crippen LogP contribution in [0.4, 0.5) is 14.5 Å². The highest BCUT2D eigenvalue weighted by atomic mass is 32.2. The second kappa shape index (κ2) is 13.2. The minimum Gasteiger partial charge on any atom is -0.455 e. The molecular weight excluding hydrogens is 673 g/mol. The van der Waals surface area contributed by atoms with Gasteiger partial charge in [-0.15, -0.1) is 0 Å². The zero-order valence-electron chi connectivity index (χ0n) is 29.1. The van der Waals surface area contributed by atoms with Gasteiger partial charge in [-0.05, 0) is 86.1 Å². The monoisotopic (exact) mass is 711 g/mol. The van der Waals surface area contributed by atoms with Crippen LogP contribution in [0.5, 0.6) is 0 Å². The van der Waals surface area contributed by atoms with E-state index in [1.165, 1.54) is 50.8 Å². The minimum absolute atomic E-state index is 0.0870. The van der Waals surface area contributed by atoms with Gasteiger partial charge in [0.2, 0.25) is 10.0 Å². The van der Waals surface area contributed by atoms with Gasteiger partial charge < -0.3 is 19.2 Å². The van der Waals surface area contributed by atoms with Crippen molar-refractivity contribution in [3.8, 4) is 34.0 Å². The number of nitrogens with one attached hydrogen (secondary N) is 1. The van der Waals surface area contributed by atoms with Crippen LogP contribution in [0.3, 0.4) is 0 Å². The van der Waals surface area contributed by atoms with Crippen LogP contribution in [-0.4, -0.2) is 68.8 Å². The van der Waals surface area contributed by atoms with Crippen molar-refractivity contribution in [2.45, 2.75) is 32.7 Å². The van der Waals surface area contributed by atoms with E-state index in [2.05, 4.69) is 14.8 Å². The molecule has 3 aromatic carbocycles. The highest BCUT2D eigenvalue weighted by Gasteiger charge is 2.32. The third-order valence-electron chi connectivity index (χ3n) is 9.77. The van der Waals surface area contributed by atoms with Crippen LogP contribution < -0.4 is 9.62 Å². The van der Waals surface area contributed by atoms with Gasteiger partial charge >= 0.3 is 0 Å². The lowest BCUT2D eigenvalue weighted by Crippen LogP contribution is -2.42. The standard InChI is InChI=1S/C37H33F2N5O4S.C2H6/c1-40-37(45)34-27-17-26(31(42(2)49(3,46)47)19-33(27)48-36(34)21-8-11-23(38)12-9-21)29-13-10-22-16-24(20-43-14-5-15-43)44-30-7-4-6-28(39)25(30)18-32(44)35(22)41-29;1-2/h4,6-13,17-19,24H,5,14-16,20H2,1-3H3,(H,40,45);1-2H3. The first-order valence-electron chi connectivity index (χ1n) is 17.1. The predicted octanol–water partition coefficient (Wildman–Crippen LogP) is 7.65. The van der Waals surface area contributed by atoms with Gasteiger partial charge in [-0.3, -0.25) is 9.10 Å². The van der Waals surface area contributed by atoms with E-state index in [-0.39, 0.29) is 28.8 Å². The number of furan rings is 1. The lowest BCUT2D eigenvalue weighted by molar-refractivity contribution is 0.0964. The fraction of sp³-hybridized carbons (Fsp3) is 0.282. The lowest BCUT2D eigenvalue weighted by atomic mass is 9.95. The summed E-state index contributed by atoms with van der Waals surface area (Å²) in [4.78, 5) is 20.9. The van der Waals surface area contributed by atoms with Gasteiger partial charge in [0.15, 0.2) is 0 Å².